The van der Waals surface area contributed by atoms with E-state index in [0.717, 1.165) is 12.3 Å². The van der Waals surface area contributed by atoms with E-state index >= 15 is 0 Å². The Bertz CT molecular complexity index is 959. The van der Waals surface area contributed by atoms with Gasteiger partial charge in [0.25, 0.3) is 0 Å². The Labute approximate surface area is 194 Å². The van der Waals surface area contributed by atoms with Crippen molar-refractivity contribution in [3.63, 3.8) is 0 Å². The lowest BCUT2D eigenvalue weighted by Gasteiger charge is -2.37. The molecule has 3 aliphatic rings. The molecule has 0 saturated heterocycles. The lowest BCUT2D eigenvalue weighted by atomic mass is 9.84. The van der Waals surface area contributed by atoms with Crippen LogP contribution in [0.2, 0.25) is 0 Å². The first-order valence-electron chi connectivity index (χ1n) is 12.8. The highest BCUT2D eigenvalue weighted by molar-refractivity contribution is 5.59. The maximum absolute atomic E-state index is 2.59. The number of allylic oxidation sites excluding steroid dienone is 4. The lowest BCUT2D eigenvalue weighted by molar-refractivity contribution is 0.443. The fourth-order valence-corrected chi connectivity index (χ4v) is 5.77. The molecule has 0 spiro atoms. The van der Waals surface area contributed by atoms with Crippen molar-refractivity contribution in [2.75, 3.05) is 4.90 Å². The minimum atomic E-state index is 0.441. The third kappa shape index (κ3) is 4.77. The van der Waals surface area contributed by atoms with E-state index in [1.165, 1.54) is 61.9 Å². The van der Waals surface area contributed by atoms with Crippen molar-refractivity contribution >= 4 is 5.69 Å². The normalized spacial score (nSPS) is 26.0. The van der Waals surface area contributed by atoms with Gasteiger partial charge in [-0.3, -0.25) is 0 Å². The van der Waals surface area contributed by atoms with Crippen molar-refractivity contribution in [1.29, 1.82) is 0 Å². The number of nitrogens with zero attached hydrogens (tertiary/aromatic N) is 1. The van der Waals surface area contributed by atoms with Gasteiger partial charge in [-0.05, 0) is 73.3 Å². The molecule has 0 heterocycles. The van der Waals surface area contributed by atoms with E-state index in [4.69, 9.17) is 0 Å². The molecule has 1 fully saturated rings. The van der Waals surface area contributed by atoms with E-state index in [2.05, 4.69) is 96.8 Å². The predicted molar refractivity (Wildman–Crippen MR) is 137 cm³/mol. The maximum atomic E-state index is 2.59. The Morgan fingerprint density at radius 2 is 1.50 bits per heavy atom. The van der Waals surface area contributed by atoms with Crippen molar-refractivity contribution in [3.8, 4) is 0 Å². The van der Waals surface area contributed by atoms with Crippen molar-refractivity contribution in [2.24, 2.45) is 5.92 Å². The average molecular weight is 424 g/mol. The van der Waals surface area contributed by atoms with E-state index < -0.39 is 0 Å². The summed E-state index contributed by atoms with van der Waals surface area (Å²) in [5.41, 5.74) is 5.64. The molecule has 1 nitrogen and oxygen atoms in total. The van der Waals surface area contributed by atoms with Crippen LogP contribution in [0.5, 0.6) is 0 Å². The van der Waals surface area contributed by atoms with Crippen LogP contribution >= 0.6 is 0 Å². The molecule has 0 bridgehead atoms. The number of hydrogen-bond donors (Lipinski definition) is 0. The van der Waals surface area contributed by atoms with Crippen LogP contribution in [-0.4, -0.2) is 6.04 Å². The van der Waals surface area contributed by atoms with Gasteiger partial charge in [-0.1, -0.05) is 93.0 Å². The molecule has 3 aliphatic carbocycles. The van der Waals surface area contributed by atoms with E-state index in [9.17, 15) is 0 Å². The van der Waals surface area contributed by atoms with Crippen molar-refractivity contribution in [2.45, 2.75) is 76.2 Å². The van der Waals surface area contributed by atoms with Gasteiger partial charge in [0.15, 0.2) is 0 Å². The smallest absolute Gasteiger partial charge is 0.0522 e. The number of hydrogen-bond acceptors (Lipinski definition) is 1. The van der Waals surface area contributed by atoms with Gasteiger partial charge in [0.05, 0.1) is 6.04 Å². The quantitative estimate of drug-likeness (QED) is 0.436. The third-order valence-electron chi connectivity index (χ3n) is 7.75. The van der Waals surface area contributed by atoms with Gasteiger partial charge >= 0.3 is 0 Å². The molecule has 0 amide bonds. The van der Waals surface area contributed by atoms with Gasteiger partial charge in [-0.2, -0.15) is 0 Å². The summed E-state index contributed by atoms with van der Waals surface area (Å²) in [4.78, 5) is 2.59. The summed E-state index contributed by atoms with van der Waals surface area (Å²) in [6.07, 6.45) is 22.6. The molecule has 0 N–H and O–H groups in total. The second kappa shape index (κ2) is 9.94. The zero-order chi connectivity index (χ0) is 21.8. The summed E-state index contributed by atoms with van der Waals surface area (Å²) in [7, 11) is 0. The zero-order valence-electron chi connectivity index (χ0n) is 19.5. The molecule has 0 aliphatic heterocycles. The van der Waals surface area contributed by atoms with Gasteiger partial charge in [0.2, 0.25) is 0 Å². The van der Waals surface area contributed by atoms with Gasteiger partial charge < -0.3 is 4.90 Å². The van der Waals surface area contributed by atoms with Crippen LogP contribution in [0.1, 0.15) is 81.3 Å². The van der Waals surface area contributed by atoms with Crippen LogP contribution in [0.3, 0.4) is 0 Å². The number of benzene rings is 2. The topological polar surface area (TPSA) is 3.24 Å². The molecule has 0 radical (unpaired) electrons. The van der Waals surface area contributed by atoms with Crippen molar-refractivity contribution in [1.82, 2.24) is 0 Å². The van der Waals surface area contributed by atoms with Gasteiger partial charge in [-0.15, -0.1) is 0 Å². The first kappa shape index (κ1) is 21.3. The van der Waals surface area contributed by atoms with Crippen LogP contribution in [0, 0.1) is 5.92 Å². The molecule has 3 atom stereocenters. The summed E-state index contributed by atoms with van der Waals surface area (Å²) in [5, 5.41) is 0. The Hall–Kier alpha value is -2.54. The summed E-state index contributed by atoms with van der Waals surface area (Å²) in [5.74, 6) is 1.94. The highest BCUT2D eigenvalue weighted by Gasteiger charge is 2.25. The second-order valence-corrected chi connectivity index (χ2v) is 10.0. The molecule has 0 aromatic heterocycles. The molecule has 5 rings (SSSR count). The summed E-state index contributed by atoms with van der Waals surface area (Å²) in [6, 6.07) is 20.9. The van der Waals surface area contributed by atoms with E-state index in [0.29, 0.717) is 17.9 Å². The van der Waals surface area contributed by atoms with Crippen LogP contribution in [0.25, 0.3) is 0 Å². The van der Waals surface area contributed by atoms with E-state index in [1.54, 1.807) is 5.56 Å². The molecule has 32 heavy (non-hydrogen) atoms. The molecule has 166 valence electrons. The molecule has 1 saturated carbocycles. The molecule has 2 aromatic carbocycles. The second-order valence-electron chi connectivity index (χ2n) is 10.0. The molecule has 2 aromatic rings. The Morgan fingerprint density at radius 1 is 0.719 bits per heavy atom. The predicted octanol–water partition coefficient (Wildman–Crippen LogP) is 8.52. The standard InChI is InChI=1S/C31H37N/c1-24-12-18-29(19-13-24)32(30-20-14-27(15-21-30)25-8-4-2-5-9-25)31-22-16-28(17-23-31)26-10-6-3-7-11-26/h2,4-5,8-9,12,14,16-18,20-24,26-27,29H,3,6-7,10-11,13,15,19H2,1H3. The average Bonchev–Trinajstić information content (AvgIpc) is 2.87. The fourth-order valence-electron chi connectivity index (χ4n) is 5.77. The Kier molecular flexibility index (Phi) is 6.62. The maximum Gasteiger partial charge on any atom is 0.0522 e. The number of rotatable bonds is 5. The lowest BCUT2D eigenvalue weighted by Crippen LogP contribution is -2.35. The largest absolute Gasteiger partial charge is 0.335 e. The SMILES string of the molecule is CC1C=CC(N(C2=CCC(c3ccccc3)C=C2)c2ccc(C3CCCCC3)cc2)CC1. The highest BCUT2D eigenvalue weighted by Crippen LogP contribution is 2.37. The van der Waals surface area contributed by atoms with Gasteiger partial charge in [0.1, 0.15) is 0 Å². The van der Waals surface area contributed by atoms with E-state index in [1.807, 2.05) is 0 Å². The summed E-state index contributed by atoms with van der Waals surface area (Å²) >= 11 is 0. The zero-order valence-corrected chi connectivity index (χ0v) is 19.5. The third-order valence-corrected chi connectivity index (χ3v) is 7.75. The summed E-state index contributed by atoms with van der Waals surface area (Å²) in [6.45, 7) is 2.33. The Morgan fingerprint density at radius 3 is 2.16 bits per heavy atom. The van der Waals surface area contributed by atoms with Gasteiger partial charge in [0, 0.05) is 17.3 Å². The van der Waals surface area contributed by atoms with Crippen molar-refractivity contribution < 1.29 is 0 Å². The van der Waals surface area contributed by atoms with Crippen LogP contribution in [0.15, 0.2) is 90.7 Å². The minimum Gasteiger partial charge on any atom is -0.335 e. The van der Waals surface area contributed by atoms with Gasteiger partial charge in [-0.25, -0.2) is 0 Å². The van der Waals surface area contributed by atoms with Crippen molar-refractivity contribution in [3.05, 3.63) is 102 Å². The molecule has 1 heteroatoms. The molecular weight excluding hydrogens is 386 g/mol. The monoisotopic (exact) mass is 423 g/mol. The summed E-state index contributed by atoms with van der Waals surface area (Å²) < 4.78 is 0. The van der Waals surface area contributed by atoms with Crippen LogP contribution in [-0.2, 0) is 0 Å². The molecular formula is C31H37N. The fraction of sp³-hybridized carbons (Fsp3) is 0.419. The first-order chi connectivity index (χ1) is 15.8. The van der Waals surface area contributed by atoms with E-state index in [-0.39, 0.29) is 0 Å². The Balaban J connectivity index is 1.39. The van der Waals surface area contributed by atoms with Crippen LogP contribution < -0.4 is 4.90 Å². The minimum absolute atomic E-state index is 0.441. The number of anilines is 1. The highest BCUT2D eigenvalue weighted by atomic mass is 15.2. The first-order valence-corrected chi connectivity index (χ1v) is 12.8. The van der Waals surface area contributed by atoms with Crippen LogP contribution in [0.4, 0.5) is 5.69 Å². The molecule has 3 unspecified atom stereocenters.